The summed E-state index contributed by atoms with van der Waals surface area (Å²) in [6, 6.07) is 9.03. The molecule has 1 atom stereocenters. The van der Waals surface area contributed by atoms with Crippen molar-refractivity contribution in [3.05, 3.63) is 47.7 Å². The number of anilines is 1. The number of benzene rings is 1. The van der Waals surface area contributed by atoms with Crippen molar-refractivity contribution >= 4 is 34.3 Å². The Labute approximate surface area is 154 Å². The van der Waals surface area contributed by atoms with E-state index in [0.29, 0.717) is 24.8 Å². The molecule has 0 aliphatic carbocycles. The van der Waals surface area contributed by atoms with Crippen LogP contribution in [0.2, 0.25) is 5.02 Å². The maximum Gasteiger partial charge on any atom is 0.305 e. The van der Waals surface area contributed by atoms with E-state index in [-0.39, 0.29) is 12.5 Å². The highest BCUT2D eigenvalue weighted by Crippen LogP contribution is 2.31. The molecule has 1 aromatic carbocycles. The maximum absolute atomic E-state index is 11.2. The highest BCUT2D eigenvalue weighted by molar-refractivity contribution is 6.30. The second-order valence-electron chi connectivity index (χ2n) is 6.12. The van der Waals surface area contributed by atoms with Crippen LogP contribution in [0.4, 0.5) is 5.82 Å². The minimum Gasteiger partial charge on any atom is -0.481 e. The molecule has 1 aliphatic heterocycles. The molecule has 1 saturated heterocycles. The molecule has 2 aromatic heterocycles. The predicted molar refractivity (Wildman–Crippen MR) is 98.1 cm³/mol. The third-order valence-corrected chi connectivity index (χ3v) is 4.70. The zero-order valence-corrected chi connectivity index (χ0v) is 14.6. The molecular weight excluding hydrogens is 356 g/mol. The van der Waals surface area contributed by atoms with Crippen LogP contribution in [0.25, 0.3) is 16.6 Å². The zero-order chi connectivity index (χ0) is 18.1. The fraction of sp³-hybridized carbons (Fsp3) is 0.278. The Hall–Kier alpha value is -2.64. The molecule has 4 rings (SSSR count). The Morgan fingerprint density at radius 3 is 2.88 bits per heavy atom. The van der Waals surface area contributed by atoms with Crippen LogP contribution >= 0.6 is 11.6 Å². The Balaban J connectivity index is 1.82. The van der Waals surface area contributed by atoms with Crippen LogP contribution < -0.4 is 4.90 Å². The van der Waals surface area contributed by atoms with Crippen molar-refractivity contribution in [3.8, 4) is 5.69 Å². The Morgan fingerprint density at radius 1 is 1.31 bits per heavy atom. The second kappa shape index (κ2) is 6.93. The lowest BCUT2D eigenvalue weighted by molar-refractivity contribution is -0.138. The van der Waals surface area contributed by atoms with E-state index in [1.807, 2.05) is 35.2 Å². The van der Waals surface area contributed by atoms with E-state index < -0.39 is 5.97 Å². The Morgan fingerprint density at radius 2 is 2.12 bits per heavy atom. The van der Waals surface area contributed by atoms with E-state index >= 15 is 0 Å². The molecule has 26 heavy (non-hydrogen) atoms. The molecule has 0 radical (unpaired) electrons. The van der Waals surface area contributed by atoms with E-state index in [1.165, 1.54) is 0 Å². The number of fused-ring (bicyclic) bond motifs is 1. The standard InChI is InChI=1S/C18H17ClN4O3/c19-12-1-3-13(4-2-12)23-16-10-20-6-5-15(16)18(21-23)22-7-8-26-11-14(22)9-17(24)25/h1-6,10,14H,7-9,11H2,(H,24,25). The van der Waals surface area contributed by atoms with E-state index in [9.17, 15) is 9.90 Å². The minimum absolute atomic E-state index is 0.000379. The number of carboxylic acid groups (broad SMARTS) is 1. The maximum atomic E-state index is 11.2. The smallest absolute Gasteiger partial charge is 0.305 e. The van der Waals surface area contributed by atoms with Gasteiger partial charge in [-0.2, -0.15) is 0 Å². The zero-order valence-electron chi connectivity index (χ0n) is 13.9. The van der Waals surface area contributed by atoms with Gasteiger partial charge in [-0.25, -0.2) is 4.68 Å². The monoisotopic (exact) mass is 372 g/mol. The van der Waals surface area contributed by atoms with Crippen molar-refractivity contribution in [2.45, 2.75) is 12.5 Å². The first-order valence-electron chi connectivity index (χ1n) is 8.28. The first-order valence-corrected chi connectivity index (χ1v) is 8.66. The van der Waals surface area contributed by atoms with E-state index in [0.717, 1.165) is 22.4 Å². The number of aromatic nitrogens is 3. The molecule has 8 heteroatoms. The Bertz CT molecular complexity index is 941. The van der Waals surface area contributed by atoms with E-state index in [2.05, 4.69) is 4.98 Å². The van der Waals surface area contributed by atoms with Gasteiger partial charge in [0.05, 0.1) is 43.1 Å². The summed E-state index contributed by atoms with van der Waals surface area (Å²) in [6.07, 6.45) is 3.47. The molecule has 0 amide bonds. The quantitative estimate of drug-likeness (QED) is 0.758. The van der Waals surface area contributed by atoms with Gasteiger partial charge in [-0.15, -0.1) is 5.10 Å². The van der Waals surface area contributed by atoms with Crippen LogP contribution in [0.15, 0.2) is 42.7 Å². The fourth-order valence-electron chi connectivity index (χ4n) is 3.24. The number of ether oxygens (including phenoxy) is 1. The van der Waals surface area contributed by atoms with Gasteiger partial charge in [0.2, 0.25) is 0 Å². The average Bonchev–Trinajstić information content (AvgIpc) is 3.02. The molecule has 0 spiro atoms. The van der Waals surface area contributed by atoms with Gasteiger partial charge in [0, 0.05) is 23.2 Å². The summed E-state index contributed by atoms with van der Waals surface area (Å²) in [5.74, 6) is -0.111. The van der Waals surface area contributed by atoms with Crippen molar-refractivity contribution in [2.24, 2.45) is 0 Å². The number of carboxylic acids is 1. The summed E-state index contributed by atoms with van der Waals surface area (Å²) in [5, 5.41) is 15.6. The van der Waals surface area contributed by atoms with Crippen molar-refractivity contribution in [1.82, 2.24) is 14.8 Å². The Kier molecular flexibility index (Phi) is 4.48. The normalized spacial score (nSPS) is 17.6. The largest absolute Gasteiger partial charge is 0.481 e. The molecule has 3 heterocycles. The lowest BCUT2D eigenvalue weighted by atomic mass is 10.1. The summed E-state index contributed by atoms with van der Waals surface area (Å²) in [5.41, 5.74) is 1.71. The van der Waals surface area contributed by atoms with Crippen LogP contribution in [0, 0.1) is 0 Å². The number of hydrogen-bond donors (Lipinski definition) is 1. The van der Waals surface area contributed by atoms with Crippen molar-refractivity contribution in [3.63, 3.8) is 0 Å². The molecule has 1 aliphatic rings. The summed E-state index contributed by atoms with van der Waals surface area (Å²) in [4.78, 5) is 17.5. The van der Waals surface area contributed by atoms with Crippen LogP contribution in [0.1, 0.15) is 6.42 Å². The molecule has 1 fully saturated rings. The number of hydrogen-bond acceptors (Lipinski definition) is 5. The van der Waals surface area contributed by atoms with Gasteiger partial charge in [-0.1, -0.05) is 11.6 Å². The molecule has 0 bridgehead atoms. The van der Waals surface area contributed by atoms with Crippen LogP contribution in [0.3, 0.4) is 0 Å². The summed E-state index contributed by atoms with van der Waals surface area (Å²) >= 11 is 5.99. The predicted octanol–water partition coefficient (Wildman–Crippen LogP) is 2.75. The third-order valence-electron chi connectivity index (χ3n) is 4.44. The number of pyridine rings is 1. The van der Waals surface area contributed by atoms with Gasteiger partial charge in [0.25, 0.3) is 0 Å². The van der Waals surface area contributed by atoms with Crippen molar-refractivity contribution in [1.29, 1.82) is 0 Å². The number of nitrogens with zero attached hydrogens (tertiary/aromatic N) is 4. The lowest BCUT2D eigenvalue weighted by Gasteiger charge is -2.35. The average molecular weight is 373 g/mol. The van der Waals surface area contributed by atoms with Gasteiger partial charge < -0.3 is 14.7 Å². The second-order valence-corrected chi connectivity index (χ2v) is 6.56. The van der Waals surface area contributed by atoms with Gasteiger partial charge in [0.1, 0.15) is 0 Å². The lowest BCUT2D eigenvalue weighted by Crippen LogP contribution is -2.47. The number of morpholine rings is 1. The van der Waals surface area contributed by atoms with Crippen LogP contribution in [0.5, 0.6) is 0 Å². The molecule has 0 saturated carbocycles. The van der Waals surface area contributed by atoms with Gasteiger partial charge in [-0.3, -0.25) is 9.78 Å². The van der Waals surface area contributed by atoms with Gasteiger partial charge in [0.15, 0.2) is 5.82 Å². The minimum atomic E-state index is -0.853. The van der Waals surface area contributed by atoms with E-state index in [1.54, 1.807) is 17.1 Å². The molecule has 3 aromatic rings. The molecule has 7 nitrogen and oxygen atoms in total. The van der Waals surface area contributed by atoms with Crippen molar-refractivity contribution in [2.75, 3.05) is 24.7 Å². The van der Waals surface area contributed by atoms with Gasteiger partial charge in [-0.05, 0) is 30.3 Å². The van der Waals surface area contributed by atoms with Crippen molar-refractivity contribution < 1.29 is 14.6 Å². The fourth-order valence-corrected chi connectivity index (χ4v) is 3.37. The molecule has 1 N–H and O–H groups in total. The number of halogens is 1. The number of aliphatic carboxylic acids is 1. The number of carbonyl (C=O) groups is 1. The first kappa shape index (κ1) is 16.8. The first-order chi connectivity index (χ1) is 12.6. The molecule has 134 valence electrons. The van der Waals surface area contributed by atoms with E-state index in [4.69, 9.17) is 21.4 Å². The van der Waals surface area contributed by atoms with Crippen LogP contribution in [-0.4, -0.2) is 51.6 Å². The SMILES string of the molecule is O=C(O)CC1COCCN1c1nn(-c2ccc(Cl)cc2)c2cnccc12. The summed E-state index contributed by atoms with van der Waals surface area (Å²) in [6.45, 7) is 1.50. The molecular formula is C18H17ClN4O3. The highest BCUT2D eigenvalue weighted by atomic mass is 35.5. The summed E-state index contributed by atoms with van der Waals surface area (Å²) in [7, 11) is 0. The molecule has 1 unspecified atom stereocenters. The summed E-state index contributed by atoms with van der Waals surface area (Å²) < 4.78 is 7.29. The highest BCUT2D eigenvalue weighted by Gasteiger charge is 2.29. The van der Waals surface area contributed by atoms with Gasteiger partial charge >= 0.3 is 5.97 Å². The van der Waals surface area contributed by atoms with Crippen LogP contribution in [-0.2, 0) is 9.53 Å². The topological polar surface area (TPSA) is 80.5 Å². The number of rotatable bonds is 4. The third kappa shape index (κ3) is 3.11.